The molecule has 2 rings (SSSR count). The molecule has 2 unspecified atom stereocenters. The third-order valence-corrected chi connectivity index (χ3v) is 3.94. The first-order valence-electron chi connectivity index (χ1n) is 6.73. The number of β-amino-alcohol motifs (C(OH)–C–C–N with tert-alkyl or cyclic N) is 1. The lowest BCUT2D eigenvalue weighted by molar-refractivity contribution is 0.0568. The molecule has 1 aromatic carbocycles. The summed E-state index contributed by atoms with van der Waals surface area (Å²) in [6.45, 7) is 8.22. The van der Waals surface area contributed by atoms with Crippen LogP contribution in [-0.4, -0.2) is 54.2 Å². The quantitative estimate of drug-likeness (QED) is 0.881. The van der Waals surface area contributed by atoms with Crippen molar-refractivity contribution in [3.05, 3.63) is 35.4 Å². The second-order valence-corrected chi connectivity index (χ2v) is 5.52. The molecule has 1 aliphatic heterocycles. The number of piperazine rings is 1. The number of likely N-dealkylation sites (N-methyl/N-ethyl adjacent to an activating group) is 1. The molecular formula is C15H24N2O. The lowest BCUT2D eigenvalue weighted by Crippen LogP contribution is -2.50. The van der Waals surface area contributed by atoms with E-state index in [0.29, 0.717) is 6.04 Å². The highest BCUT2D eigenvalue weighted by molar-refractivity contribution is 5.23. The van der Waals surface area contributed by atoms with E-state index in [1.54, 1.807) is 0 Å². The van der Waals surface area contributed by atoms with Crippen molar-refractivity contribution in [2.75, 3.05) is 33.2 Å². The Labute approximate surface area is 110 Å². The standard InChI is InChI=1S/C15H24N2O/c1-12-4-6-14(7-5-12)15(18)11-17-9-8-16(3)13(2)10-17/h4-7,13,15,18H,8-11H2,1-3H3. The van der Waals surface area contributed by atoms with Crippen LogP contribution in [0.1, 0.15) is 24.2 Å². The van der Waals surface area contributed by atoms with Crippen molar-refractivity contribution in [1.29, 1.82) is 0 Å². The largest absolute Gasteiger partial charge is 0.387 e. The topological polar surface area (TPSA) is 26.7 Å². The zero-order chi connectivity index (χ0) is 13.1. The van der Waals surface area contributed by atoms with Gasteiger partial charge in [0.2, 0.25) is 0 Å². The highest BCUT2D eigenvalue weighted by atomic mass is 16.3. The Balaban J connectivity index is 1.91. The smallest absolute Gasteiger partial charge is 0.0916 e. The van der Waals surface area contributed by atoms with Gasteiger partial charge in [-0.15, -0.1) is 0 Å². The minimum Gasteiger partial charge on any atom is -0.387 e. The van der Waals surface area contributed by atoms with Crippen molar-refractivity contribution in [2.24, 2.45) is 0 Å². The zero-order valence-corrected chi connectivity index (χ0v) is 11.6. The molecule has 1 N–H and O–H groups in total. The molecule has 0 saturated carbocycles. The summed E-state index contributed by atoms with van der Waals surface area (Å²) in [5.41, 5.74) is 2.26. The van der Waals surface area contributed by atoms with Crippen LogP contribution in [0, 0.1) is 6.92 Å². The van der Waals surface area contributed by atoms with Crippen LogP contribution < -0.4 is 0 Å². The fraction of sp³-hybridized carbons (Fsp3) is 0.600. The van der Waals surface area contributed by atoms with Crippen molar-refractivity contribution in [3.8, 4) is 0 Å². The summed E-state index contributed by atoms with van der Waals surface area (Å²) in [6.07, 6.45) is -0.374. The first-order valence-corrected chi connectivity index (χ1v) is 6.73. The Morgan fingerprint density at radius 3 is 2.56 bits per heavy atom. The minimum absolute atomic E-state index is 0.374. The number of nitrogens with zero attached hydrogens (tertiary/aromatic N) is 2. The Kier molecular flexibility index (Phi) is 4.38. The number of rotatable bonds is 3. The Morgan fingerprint density at radius 1 is 1.28 bits per heavy atom. The number of hydrogen-bond acceptors (Lipinski definition) is 3. The lowest BCUT2D eigenvalue weighted by atomic mass is 10.1. The van der Waals surface area contributed by atoms with E-state index < -0.39 is 0 Å². The van der Waals surface area contributed by atoms with Gasteiger partial charge in [0.25, 0.3) is 0 Å². The van der Waals surface area contributed by atoms with Crippen molar-refractivity contribution < 1.29 is 5.11 Å². The maximum atomic E-state index is 10.3. The van der Waals surface area contributed by atoms with Crippen molar-refractivity contribution >= 4 is 0 Å². The molecule has 1 aliphatic rings. The second-order valence-electron chi connectivity index (χ2n) is 5.52. The molecule has 0 radical (unpaired) electrons. The summed E-state index contributed by atoms with van der Waals surface area (Å²) in [5, 5.41) is 10.3. The molecule has 0 bridgehead atoms. The molecule has 0 amide bonds. The van der Waals surface area contributed by atoms with E-state index in [4.69, 9.17) is 0 Å². The van der Waals surface area contributed by atoms with E-state index in [1.165, 1.54) is 5.56 Å². The van der Waals surface area contributed by atoms with Crippen LogP contribution in [0.3, 0.4) is 0 Å². The molecule has 3 nitrogen and oxygen atoms in total. The molecule has 1 heterocycles. The Bertz CT molecular complexity index is 377. The average Bonchev–Trinajstić information content (AvgIpc) is 2.34. The van der Waals surface area contributed by atoms with Gasteiger partial charge in [0, 0.05) is 32.2 Å². The minimum atomic E-state index is -0.374. The maximum Gasteiger partial charge on any atom is 0.0916 e. The van der Waals surface area contributed by atoms with E-state index in [2.05, 4.69) is 42.8 Å². The summed E-state index contributed by atoms with van der Waals surface area (Å²) in [4.78, 5) is 4.73. The maximum absolute atomic E-state index is 10.3. The highest BCUT2D eigenvalue weighted by Gasteiger charge is 2.22. The van der Waals surface area contributed by atoms with Crippen LogP contribution in [0.4, 0.5) is 0 Å². The van der Waals surface area contributed by atoms with Gasteiger partial charge >= 0.3 is 0 Å². The highest BCUT2D eigenvalue weighted by Crippen LogP contribution is 2.17. The van der Waals surface area contributed by atoms with Gasteiger partial charge in [-0.1, -0.05) is 29.8 Å². The fourth-order valence-corrected chi connectivity index (χ4v) is 2.43. The predicted octanol–water partition coefficient (Wildman–Crippen LogP) is 1.66. The normalized spacial score (nSPS) is 24.1. The molecular weight excluding hydrogens is 224 g/mol. The SMILES string of the molecule is Cc1ccc(C(O)CN2CCN(C)C(C)C2)cc1. The number of aryl methyl sites for hydroxylation is 1. The van der Waals surface area contributed by atoms with Crippen molar-refractivity contribution in [2.45, 2.75) is 26.0 Å². The molecule has 1 aromatic rings. The number of aliphatic hydroxyl groups excluding tert-OH is 1. The third-order valence-electron chi connectivity index (χ3n) is 3.94. The third kappa shape index (κ3) is 3.31. The van der Waals surface area contributed by atoms with Gasteiger partial charge in [0.05, 0.1) is 6.10 Å². The van der Waals surface area contributed by atoms with Gasteiger partial charge in [-0.3, -0.25) is 4.90 Å². The second kappa shape index (κ2) is 5.83. The Morgan fingerprint density at radius 2 is 1.94 bits per heavy atom. The number of hydrogen-bond donors (Lipinski definition) is 1. The fourth-order valence-electron chi connectivity index (χ4n) is 2.43. The van der Waals surface area contributed by atoms with Gasteiger partial charge in [0.15, 0.2) is 0 Å². The lowest BCUT2D eigenvalue weighted by Gasteiger charge is -2.38. The molecule has 2 atom stereocenters. The van der Waals surface area contributed by atoms with Crippen molar-refractivity contribution in [1.82, 2.24) is 9.80 Å². The van der Waals surface area contributed by atoms with Crippen LogP contribution in [0.25, 0.3) is 0 Å². The van der Waals surface area contributed by atoms with Crippen LogP contribution >= 0.6 is 0 Å². The molecule has 18 heavy (non-hydrogen) atoms. The van der Waals surface area contributed by atoms with Crippen LogP contribution in [0.5, 0.6) is 0 Å². The van der Waals surface area contributed by atoms with Gasteiger partial charge < -0.3 is 10.0 Å². The molecule has 0 spiro atoms. The molecule has 1 saturated heterocycles. The van der Waals surface area contributed by atoms with Gasteiger partial charge in [0.1, 0.15) is 0 Å². The van der Waals surface area contributed by atoms with E-state index in [-0.39, 0.29) is 6.10 Å². The predicted molar refractivity (Wildman–Crippen MR) is 74.7 cm³/mol. The summed E-state index contributed by atoms with van der Waals surface area (Å²) >= 11 is 0. The average molecular weight is 248 g/mol. The summed E-state index contributed by atoms with van der Waals surface area (Å²) in [6, 6.07) is 8.75. The van der Waals surface area contributed by atoms with E-state index in [9.17, 15) is 5.11 Å². The van der Waals surface area contributed by atoms with Gasteiger partial charge in [-0.2, -0.15) is 0 Å². The number of aliphatic hydroxyl groups is 1. The first kappa shape index (κ1) is 13.5. The first-order chi connectivity index (χ1) is 8.56. The summed E-state index contributed by atoms with van der Waals surface area (Å²) < 4.78 is 0. The van der Waals surface area contributed by atoms with E-state index >= 15 is 0 Å². The van der Waals surface area contributed by atoms with Crippen LogP contribution in [0.2, 0.25) is 0 Å². The number of benzene rings is 1. The zero-order valence-electron chi connectivity index (χ0n) is 11.6. The van der Waals surface area contributed by atoms with Crippen LogP contribution in [0.15, 0.2) is 24.3 Å². The molecule has 0 aromatic heterocycles. The van der Waals surface area contributed by atoms with Gasteiger partial charge in [-0.25, -0.2) is 0 Å². The van der Waals surface area contributed by atoms with Crippen LogP contribution in [-0.2, 0) is 0 Å². The van der Waals surface area contributed by atoms with E-state index in [1.807, 2.05) is 12.1 Å². The summed E-state index contributed by atoms with van der Waals surface area (Å²) in [7, 11) is 2.17. The van der Waals surface area contributed by atoms with Crippen molar-refractivity contribution in [3.63, 3.8) is 0 Å². The molecule has 0 aliphatic carbocycles. The molecule has 100 valence electrons. The van der Waals surface area contributed by atoms with Gasteiger partial charge in [-0.05, 0) is 26.5 Å². The monoisotopic (exact) mass is 248 g/mol. The molecule has 3 heteroatoms. The Hall–Kier alpha value is -0.900. The molecule has 1 fully saturated rings. The van der Waals surface area contributed by atoms with E-state index in [0.717, 1.165) is 31.7 Å². The summed E-state index contributed by atoms with van der Waals surface area (Å²) in [5.74, 6) is 0.